The van der Waals surface area contributed by atoms with Gasteiger partial charge in [0.2, 0.25) is 0 Å². The molecule has 198 valence electrons. The van der Waals surface area contributed by atoms with Crippen molar-refractivity contribution in [2.24, 2.45) is 0 Å². The number of dihydropyridines is 1. The van der Waals surface area contributed by atoms with Gasteiger partial charge in [-0.2, -0.15) is 5.26 Å². The number of allylic oxidation sites excluding steroid dienone is 2. The highest BCUT2D eigenvalue weighted by atomic mass is 19.1. The molecule has 1 unspecified atom stereocenters. The monoisotopic (exact) mass is 526 g/mol. The lowest BCUT2D eigenvalue weighted by molar-refractivity contribution is 0.102. The van der Waals surface area contributed by atoms with Crippen LogP contribution in [0.15, 0.2) is 67.1 Å². The van der Waals surface area contributed by atoms with Crippen molar-refractivity contribution in [3.8, 4) is 17.2 Å². The highest BCUT2D eigenvalue weighted by molar-refractivity contribution is 6.04. The fourth-order valence-corrected chi connectivity index (χ4v) is 3.97. The van der Waals surface area contributed by atoms with E-state index in [0.717, 1.165) is 11.1 Å². The number of nitrogens with zero attached hydrogens (tertiary/aromatic N) is 3. The highest BCUT2D eigenvalue weighted by Gasteiger charge is 2.23. The van der Waals surface area contributed by atoms with Gasteiger partial charge in [-0.1, -0.05) is 0 Å². The van der Waals surface area contributed by atoms with Crippen LogP contribution in [0.3, 0.4) is 0 Å². The van der Waals surface area contributed by atoms with Crippen LogP contribution in [0.1, 0.15) is 41.2 Å². The number of rotatable bonds is 6. The summed E-state index contributed by atoms with van der Waals surface area (Å²) < 4.78 is 19.6. The van der Waals surface area contributed by atoms with Gasteiger partial charge in [-0.3, -0.25) is 20.1 Å². The molecule has 1 atom stereocenters. The highest BCUT2D eigenvalue weighted by Crippen LogP contribution is 2.31. The van der Waals surface area contributed by atoms with Crippen molar-refractivity contribution in [1.29, 1.82) is 5.26 Å². The molecule has 0 fully saturated rings. The van der Waals surface area contributed by atoms with E-state index in [2.05, 4.69) is 36.7 Å². The van der Waals surface area contributed by atoms with Gasteiger partial charge in [0.1, 0.15) is 12.0 Å². The standard InChI is InChI=1S/C29H27FN6O3/c1-17-11-22(30)24(35-27(37)20-7-9-33-25(13-20)29(2,3)16-31)15-21(17)18-5-8-32-23(12-18)19-6-10-34-26(14-19)36-28(38)39-4/h5-15,26,34H,1-4H3,(H,35,37)(H,36,38). The molecule has 9 nitrogen and oxygen atoms in total. The van der Waals surface area contributed by atoms with Crippen LogP contribution in [-0.2, 0) is 10.2 Å². The molecule has 1 aliphatic rings. The van der Waals surface area contributed by atoms with Gasteiger partial charge in [-0.05, 0) is 92.2 Å². The molecule has 4 rings (SSSR count). The number of nitriles is 1. The first-order valence-corrected chi connectivity index (χ1v) is 12.1. The average Bonchev–Trinajstić information content (AvgIpc) is 2.94. The van der Waals surface area contributed by atoms with Crippen molar-refractivity contribution in [3.05, 3.63) is 95.5 Å². The van der Waals surface area contributed by atoms with Crippen molar-refractivity contribution in [1.82, 2.24) is 20.6 Å². The van der Waals surface area contributed by atoms with E-state index in [9.17, 15) is 19.2 Å². The number of carbonyl (C=O) groups excluding carboxylic acids is 2. The topological polar surface area (TPSA) is 129 Å². The Balaban J connectivity index is 1.62. The largest absolute Gasteiger partial charge is 0.453 e. The number of anilines is 1. The zero-order valence-corrected chi connectivity index (χ0v) is 21.9. The molecule has 0 spiro atoms. The third-order valence-corrected chi connectivity index (χ3v) is 6.21. The number of aryl methyl sites for hydroxylation is 1. The summed E-state index contributed by atoms with van der Waals surface area (Å²) in [6, 6.07) is 11.8. The van der Waals surface area contributed by atoms with Crippen LogP contribution in [0.5, 0.6) is 0 Å². The van der Waals surface area contributed by atoms with E-state index < -0.39 is 29.4 Å². The van der Waals surface area contributed by atoms with Gasteiger partial charge in [0.05, 0.1) is 35.7 Å². The Hall–Kier alpha value is -5.04. The van der Waals surface area contributed by atoms with E-state index in [1.165, 1.54) is 31.5 Å². The maximum Gasteiger partial charge on any atom is 0.408 e. The molecule has 0 saturated carbocycles. The summed E-state index contributed by atoms with van der Waals surface area (Å²) >= 11 is 0. The van der Waals surface area contributed by atoms with Gasteiger partial charge in [-0.15, -0.1) is 0 Å². The van der Waals surface area contributed by atoms with Crippen molar-refractivity contribution < 1.29 is 18.7 Å². The number of ether oxygens (including phenoxy) is 1. The molecule has 2 amide bonds. The van der Waals surface area contributed by atoms with Crippen LogP contribution in [0, 0.1) is 24.1 Å². The van der Waals surface area contributed by atoms with E-state index in [1.807, 2.05) is 12.1 Å². The van der Waals surface area contributed by atoms with Gasteiger partial charge < -0.3 is 15.4 Å². The number of alkyl carbamates (subject to hydrolysis) is 1. The molecule has 1 aromatic carbocycles. The SMILES string of the molecule is COC(=O)NC1C=C(c2cc(-c3cc(NC(=O)c4ccnc(C(C)(C)C#N)c4)c(F)cc3C)ccn2)C=CN1. The van der Waals surface area contributed by atoms with Crippen LogP contribution in [-0.4, -0.2) is 35.2 Å². The molecule has 0 radical (unpaired) electrons. The molecule has 3 N–H and O–H groups in total. The molecule has 0 saturated heterocycles. The summed E-state index contributed by atoms with van der Waals surface area (Å²) in [5.41, 5.74) is 3.38. The maximum absolute atomic E-state index is 14.9. The Kier molecular flexibility index (Phi) is 7.72. The summed E-state index contributed by atoms with van der Waals surface area (Å²) in [6.07, 6.45) is 7.35. The third-order valence-electron chi connectivity index (χ3n) is 6.21. The Morgan fingerprint density at radius 2 is 1.92 bits per heavy atom. The molecule has 3 heterocycles. The molecule has 10 heteroatoms. The molecule has 2 aromatic heterocycles. The minimum absolute atomic E-state index is 0.0141. The molecule has 0 bridgehead atoms. The molecule has 0 aliphatic carbocycles. The molecular formula is C29H27FN6O3. The van der Waals surface area contributed by atoms with Crippen molar-refractivity contribution in [2.75, 3.05) is 12.4 Å². The number of benzene rings is 1. The Bertz CT molecular complexity index is 1540. The lowest BCUT2D eigenvalue weighted by atomic mass is 9.90. The quantitative estimate of drug-likeness (QED) is 0.420. The van der Waals surface area contributed by atoms with E-state index in [0.29, 0.717) is 22.5 Å². The molecule has 3 aromatic rings. The van der Waals surface area contributed by atoms with Crippen molar-refractivity contribution in [3.63, 3.8) is 0 Å². The van der Waals surface area contributed by atoms with Crippen molar-refractivity contribution >= 4 is 23.3 Å². The zero-order valence-electron chi connectivity index (χ0n) is 21.9. The number of hydrogen-bond acceptors (Lipinski definition) is 7. The van der Waals surface area contributed by atoms with Gasteiger partial charge in [0.25, 0.3) is 5.91 Å². The van der Waals surface area contributed by atoms with Crippen LogP contribution in [0.25, 0.3) is 16.7 Å². The van der Waals surface area contributed by atoms with E-state index >= 15 is 0 Å². The van der Waals surface area contributed by atoms with Gasteiger partial charge in [-0.25, -0.2) is 9.18 Å². The number of amides is 2. The summed E-state index contributed by atoms with van der Waals surface area (Å²) in [5, 5.41) is 17.7. The second-order valence-corrected chi connectivity index (χ2v) is 9.43. The normalized spacial score (nSPS) is 14.5. The van der Waals surface area contributed by atoms with Crippen LogP contribution < -0.4 is 16.0 Å². The maximum atomic E-state index is 14.9. The number of hydrogen-bond donors (Lipinski definition) is 3. The first kappa shape index (κ1) is 27.0. The minimum atomic E-state index is -0.883. The summed E-state index contributed by atoms with van der Waals surface area (Å²) in [6.45, 7) is 5.19. The Morgan fingerprint density at radius 3 is 2.67 bits per heavy atom. The molecule has 39 heavy (non-hydrogen) atoms. The Morgan fingerprint density at radius 1 is 1.15 bits per heavy atom. The number of halogens is 1. The van der Waals surface area contributed by atoms with Gasteiger partial charge >= 0.3 is 6.09 Å². The summed E-state index contributed by atoms with van der Waals surface area (Å²) in [7, 11) is 1.29. The molecule has 1 aliphatic heterocycles. The zero-order chi connectivity index (χ0) is 28.2. The average molecular weight is 527 g/mol. The number of methoxy groups -OCH3 is 1. The van der Waals surface area contributed by atoms with Crippen LogP contribution >= 0.6 is 0 Å². The van der Waals surface area contributed by atoms with E-state index in [1.54, 1.807) is 51.4 Å². The first-order chi connectivity index (χ1) is 18.6. The van der Waals surface area contributed by atoms with E-state index in [-0.39, 0.29) is 11.3 Å². The van der Waals surface area contributed by atoms with Gasteiger partial charge in [0.15, 0.2) is 0 Å². The number of carbonyl (C=O) groups is 2. The number of aromatic nitrogens is 2. The summed E-state index contributed by atoms with van der Waals surface area (Å²) in [4.78, 5) is 33.2. The minimum Gasteiger partial charge on any atom is -0.453 e. The predicted octanol–water partition coefficient (Wildman–Crippen LogP) is 4.83. The number of pyridine rings is 2. The summed E-state index contributed by atoms with van der Waals surface area (Å²) in [5.74, 6) is -1.10. The van der Waals surface area contributed by atoms with Crippen molar-refractivity contribution in [2.45, 2.75) is 32.4 Å². The fraction of sp³-hybridized carbons (Fsp3) is 0.207. The van der Waals surface area contributed by atoms with E-state index in [4.69, 9.17) is 0 Å². The smallest absolute Gasteiger partial charge is 0.408 e. The molecular weight excluding hydrogens is 499 g/mol. The second kappa shape index (κ2) is 11.1. The predicted molar refractivity (Wildman–Crippen MR) is 145 cm³/mol. The first-order valence-electron chi connectivity index (χ1n) is 12.1. The van der Waals surface area contributed by atoms with Crippen LogP contribution in [0.2, 0.25) is 0 Å². The van der Waals surface area contributed by atoms with Crippen LogP contribution in [0.4, 0.5) is 14.9 Å². The second-order valence-electron chi connectivity index (χ2n) is 9.43. The lowest BCUT2D eigenvalue weighted by Gasteiger charge is -2.20. The number of nitrogens with one attached hydrogen (secondary N) is 3. The Labute approximate surface area is 225 Å². The lowest BCUT2D eigenvalue weighted by Crippen LogP contribution is -2.42. The van der Waals surface area contributed by atoms with Gasteiger partial charge in [0, 0.05) is 23.5 Å². The third kappa shape index (κ3) is 6.10. The fourth-order valence-electron chi connectivity index (χ4n) is 3.97.